The Morgan fingerprint density at radius 3 is 2.83 bits per heavy atom. The highest BCUT2D eigenvalue weighted by Gasteiger charge is 2.14. The van der Waals surface area contributed by atoms with Crippen LogP contribution in [0.5, 0.6) is 0 Å². The number of aromatic carboxylic acids is 1. The standard InChI is InChI=1S/C13H21N3O2/c1-16-11(7-12(15-16)13(17)18)9-14-8-10-5-3-2-4-6-10/h7,10,14H,2-6,8-9H2,1H3,(H,17,18). The van der Waals surface area contributed by atoms with Gasteiger partial charge in [0, 0.05) is 13.6 Å². The maximum Gasteiger partial charge on any atom is 0.356 e. The topological polar surface area (TPSA) is 67.2 Å². The summed E-state index contributed by atoms with van der Waals surface area (Å²) in [6.07, 6.45) is 6.71. The quantitative estimate of drug-likeness (QED) is 0.837. The molecule has 2 rings (SSSR count). The maximum absolute atomic E-state index is 10.8. The van der Waals surface area contributed by atoms with Crippen molar-refractivity contribution < 1.29 is 9.90 Å². The summed E-state index contributed by atoms with van der Waals surface area (Å²) >= 11 is 0. The average Bonchev–Trinajstić information content (AvgIpc) is 2.73. The second kappa shape index (κ2) is 6.00. The van der Waals surface area contributed by atoms with Gasteiger partial charge >= 0.3 is 5.97 Å². The summed E-state index contributed by atoms with van der Waals surface area (Å²) in [5, 5.41) is 16.2. The molecule has 1 aliphatic carbocycles. The summed E-state index contributed by atoms with van der Waals surface area (Å²) in [6, 6.07) is 1.64. The number of hydrogen-bond donors (Lipinski definition) is 2. The lowest BCUT2D eigenvalue weighted by Gasteiger charge is -2.21. The van der Waals surface area contributed by atoms with Gasteiger partial charge in [-0.05, 0) is 31.4 Å². The minimum atomic E-state index is -0.968. The monoisotopic (exact) mass is 251 g/mol. The molecule has 1 fully saturated rings. The fourth-order valence-electron chi connectivity index (χ4n) is 2.57. The van der Waals surface area contributed by atoms with Gasteiger partial charge in [-0.15, -0.1) is 0 Å². The van der Waals surface area contributed by atoms with Gasteiger partial charge in [0.1, 0.15) is 0 Å². The van der Waals surface area contributed by atoms with Gasteiger partial charge in [0.25, 0.3) is 0 Å². The van der Waals surface area contributed by atoms with Crippen LogP contribution in [0, 0.1) is 5.92 Å². The van der Waals surface area contributed by atoms with Crippen molar-refractivity contribution in [3.63, 3.8) is 0 Å². The van der Waals surface area contributed by atoms with Crippen LogP contribution in [0.2, 0.25) is 0 Å². The van der Waals surface area contributed by atoms with Gasteiger partial charge in [0.15, 0.2) is 5.69 Å². The molecule has 0 aromatic carbocycles. The molecule has 0 aliphatic heterocycles. The number of carboxylic acid groups (broad SMARTS) is 1. The Morgan fingerprint density at radius 1 is 1.50 bits per heavy atom. The summed E-state index contributed by atoms with van der Waals surface area (Å²) < 4.78 is 1.64. The van der Waals surface area contributed by atoms with E-state index in [1.165, 1.54) is 32.1 Å². The molecule has 5 heteroatoms. The SMILES string of the molecule is Cn1nc(C(=O)O)cc1CNCC1CCCCC1. The number of nitrogens with one attached hydrogen (secondary N) is 1. The van der Waals surface area contributed by atoms with E-state index in [0.29, 0.717) is 6.54 Å². The van der Waals surface area contributed by atoms with Crippen LogP contribution >= 0.6 is 0 Å². The molecule has 2 N–H and O–H groups in total. The highest BCUT2D eigenvalue weighted by atomic mass is 16.4. The predicted molar refractivity (Wildman–Crippen MR) is 68.4 cm³/mol. The molecule has 0 atom stereocenters. The van der Waals surface area contributed by atoms with Crippen molar-refractivity contribution in [1.29, 1.82) is 0 Å². The summed E-state index contributed by atoms with van der Waals surface area (Å²) in [6.45, 7) is 1.71. The molecule has 1 aliphatic rings. The second-order valence-electron chi connectivity index (χ2n) is 5.08. The molecule has 1 saturated carbocycles. The Hall–Kier alpha value is -1.36. The summed E-state index contributed by atoms with van der Waals surface area (Å²) in [7, 11) is 1.78. The van der Waals surface area contributed by atoms with Gasteiger partial charge in [-0.1, -0.05) is 19.3 Å². The van der Waals surface area contributed by atoms with Crippen molar-refractivity contribution in [2.45, 2.75) is 38.6 Å². The Balaban J connectivity index is 1.80. The van der Waals surface area contributed by atoms with Gasteiger partial charge < -0.3 is 10.4 Å². The Labute approximate surface area is 107 Å². The van der Waals surface area contributed by atoms with Crippen molar-refractivity contribution in [2.24, 2.45) is 13.0 Å². The van der Waals surface area contributed by atoms with Gasteiger partial charge in [0.2, 0.25) is 0 Å². The van der Waals surface area contributed by atoms with E-state index < -0.39 is 5.97 Å². The Kier molecular flexibility index (Phi) is 4.36. The molecule has 18 heavy (non-hydrogen) atoms. The first-order valence-corrected chi connectivity index (χ1v) is 6.63. The van der Waals surface area contributed by atoms with Crippen LogP contribution in [-0.4, -0.2) is 27.4 Å². The van der Waals surface area contributed by atoms with Gasteiger partial charge in [-0.3, -0.25) is 4.68 Å². The molecular weight excluding hydrogens is 230 g/mol. The van der Waals surface area contributed by atoms with Gasteiger partial charge in [-0.25, -0.2) is 4.79 Å². The third kappa shape index (κ3) is 3.32. The van der Waals surface area contributed by atoms with Crippen molar-refractivity contribution in [3.8, 4) is 0 Å². The second-order valence-corrected chi connectivity index (χ2v) is 5.08. The lowest BCUT2D eigenvalue weighted by atomic mass is 9.89. The van der Waals surface area contributed by atoms with Crippen LogP contribution < -0.4 is 5.32 Å². The number of hydrogen-bond acceptors (Lipinski definition) is 3. The molecule has 0 bridgehead atoms. The number of carbonyl (C=O) groups is 1. The summed E-state index contributed by atoms with van der Waals surface area (Å²) in [5.74, 6) is -0.185. The smallest absolute Gasteiger partial charge is 0.356 e. The molecule has 0 amide bonds. The molecular formula is C13H21N3O2. The molecule has 1 aromatic heterocycles. The van der Waals surface area contributed by atoms with E-state index in [0.717, 1.165) is 18.2 Å². The Bertz CT molecular complexity index is 408. The number of aryl methyl sites for hydroxylation is 1. The lowest BCUT2D eigenvalue weighted by Crippen LogP contribution is -2.25. The normalized spacial score (nSPS) is 16.9. The van der Waals surface area contributed by atoms with Crippen LogP contribution in [0.15, 0.2) is 6.07 Å². The van der Waals surface area contributed by atoms with Gasteiger partial charge in [-0.2, -0.15) is 5.10 Å². The molecule has 0 radical (unpaired) electrons. The van der Waals surface area contributed by atoms with E-state index in [1.54, 1.807) is 17.8 Å². The Morgan fingerprint density at radius 2 is 2.22 bits per heavy atom. The average molecular weight is 251 g/mol. The zero-order valence-corrected chi connectivity index (χ0v) is 10.9. The molecule has 0 spiro atoms. The minimum Gasteiger partial charge on any atom is -0.476 e. The van der Waals surface area contributed by atoms with Crippen molar-refractivity contribution in [1.82, 2.24) is 15.1 Å². The van der Waals surface area contributed by atoms with Crippen LogP contribution in [0.4, 0.5) is 0 Å². The van der Waals surface area contributed by atoms with E-state index in [4.69, 9.17) is 5.11 Å². The largest absolute Gasteiger partial charge is 0.476 e. The predicted octanol–water partition coefficient (Wildman–Crippen LogP) is 1.79. The fourth-order valence-corrected chi connectivity index (χ4v) is 2.57. The first-order valence-electron chi connectivity index (χ1n) is 6.63. The maximum atomic E-state index is 10.8. The van der Waals surface area contributed by atoms with Crippen LogP contribution in [0.3, 0.4) is 0 Å². The van der Waals surface area contributed by atoms with Crippen LogP contribution in [0.1, 0.15) is 48.3 Å². The lowest BCUT2D eigenvalue weighted by molar-refractivity contribution is 0.0689. The van der Waals surface area contributed by atoms with E-state index in [9.17, 15) is 4.79 Å². The molecule has 1 heterocycles. The third-order valence-corrected chi connectivity index (χ3v) is 3.66. The first-order chi connectivity index (χ1) is 8.66. The van der Waals surface area contributed by atoms with E-state index >= 15 is 0 Å². The van der Waals surface area contributed by atoms with Crippen molar-refractivity contribution >= 4 is 5.97 Å². The number of carboxylic acids is 1. The molecule has 0 unspecified atom stereocenters. The highest BCUT2D eigenvalue weighted by Crippen LogP contribution is 2.22. The van der Waals surface area contributed by atoms with E-state index in [-0.39, 0.29) is 5.69 Å². The van der Waals surface area contributed by atoms with Crippen molar-refractivity contribution in [2.75, 3.05) is 6.54 Å². The van der Waals surface area contributed by atoms with Crippen LogP contribution in [-0.2, 0) is 13.6 Å². The zero-order chi connectivity index (χ0) is 13.0. The highest BCUT2D eigenvalue weighted by molar-refractivity contribution is 5.85. The number of rotatable bonds is 5. The number of nitrogens with zero attached hydrogens (tertiary/aromatic N) is 2. The molecule has 1 aromatic rings. The first kappa shape index (κ1) is 13.1. The van der Waals surface area contributed by atoms with Crippen molar-refractivity contribution in [3.05, 3.63) is 17.5 Å². The third-order valence-electron chi connectivity index (χ3n) is 3.66. The van der Waals surface area contributed by atoms with Crippen LogP contribution in [0.25, 0.3) is 0 Å². The molecule has 5 nitrogen and oxygen atoms in total. The minimum absolute atomic E-state index is 0.118. The molecule has 0 saturated heterocycles. The van der Waals surface area contributed by atoms with Gasteiger partial charge in [0.05, 0.1) is 5.69 Å². The summed E-state index contributed by atoms with van der Waals surface area (Å²) in [5.41, 5.74) is 1.04. The number of aromatic nitrogens is 2. The van der Waals surface area contributed by atoms with E-state index in [2.05, 4.69) is 10.4 Å². The van der Waals surface area contributed by atoms with E-state index in [1.807, 2.05) is 0 Å². The summed E-state index contributed by atoms with van der Waals surface area (Å²) in [4.78, 5) is 10.8. The zero-order valence-electron chi connectivity index (χ0n) is 10.9. The molecule has 100 valence electrons. The fraction of sp³-hybridized carbons (Fsp3) is 0.692.